The minimum Gasteiger partial charge on any atom is -0.453 e. The summed E-state index contributed by atoms with van der Waals surface area (Å²) in [6.45, 7) is 2.43. The number of fused-ring (bicyclic) bond motifs is 2. The highest BCUT2D eigenvalue weighted by Gasteiger charge is 2.32. The molecule has 0 saturated heterocycles. The van der Waals surface area contributed by atoms with E-state index in [1.165, 1.54) is 56.9 Å². The Labute approximate surface area is 145 Å². The predicted octanol–water partition coefficient (Wildman–Crippen LogP) is 6.75. The summed E-state index contributed by atoms with van der Waals surface area (Å²) in [5.41, 5.74) is 3.58. The Bertz CT molecular complexity index is 712. The summed E-state index contributed by atoms with van der Waals surface area (Å²) in [7, 11) is 0. The average molecular weight is 320 g/mol. The van der Waals surface area contributed by atoms with E-state index in [0.29, 0.717) is 0 Å². The molecular formula is C22H26NO. The molecule has 4 rings (SSSR count). The van der Waals surface area contributed by atoms with Crippen molar-refractivity contribution < 1.29 is 4.74 Å². The lowest BCUT2D eigenvalue weighted by Gasteiger charge is -2.33. The molecule has 1 heterocycles. The van der Waals surface area contributed by atoms with Crippen LogP contribution in [0.4, 0.5) is 11.4 Å². The second kappa shape index (κ2) is 6.51. The van der Waals surface area contributed by atoms with Gasteiger partial charge in [-0.05, 0) is 42.0 Å². The third-order valence-electron chi connectivity index (χ3n) is 5.67. The van der Waals surface area contributed by atoms with Crippen molar-refractivity contribution in [1.82, 2.24) is 5.32 Å². The van der Waals surface area contributed by atoms with Crippen molar-refractivity contribution in [1.29, 1.82) is 0 Å². The maximum absolute atomic E-state index is 6.14. The lowest BCUT2D eigenvalue weighted by molar-refractivity contribution is 0.378. The van der Waals surface area contributed by atoms with Gasteiger partial charge in [-0.2, -0.15) is 0 Å². The van der Waals surface area contributed by atoms with Crippen molar-refractivity contribution in [2.75, 3.05) is 0 Å². The first kappa shape index (κ1) is 15.6. The summed E-state index contributed by atoms with van der Waals surface area (Å²) >= 11 is 0. The van der Waals surface area contributed by atoms with Gasteiger partial charge in [-0.25, -0.2) is 5.32 Å². The van der Waals surface area contributed by atoms with Gasteiger partial charge in [0.2, 0.25) is 0 Å². The molecule has 1 fully saturated rings. The topological polar surface area (TPSA) is 23.3 Å². The SMILES string of the molecule is CC1(c2cccc3c2[N]c2ccccc2O3)CCCCCCCC1. The molecule has 2 aromatic rings. The summed E-state index contributed by atoms with van der Waals surface area (Å²) in [5, 5.41) is 4.98. The Kier molecular flexibility index (Phi) is 4.22. The van der Waals surface area contributed by atoms with Gasteiger partial charge in [-0.15, -0.1) is 0 Å². The normalized spacial score (nSPS) is 19.5. The van der Waals surface area contributed by atoms with Crippen LogP contribution < -0.4 is 10.1 Å². The molecule has 0 N–H and O–H groups in total. The third kappa shape index (κ3) is 2.90. The number of hydrogen-bond acceptors (Lipinski definition) is 1. The van der Waals surface area contributed by atoms with Crippen LogP contribution in [-0.4, -0.2) is 0 Å². The summed E-state index contributed by atoms with van der Waals surface area (Å²) in [6.07, 6.45) is 10.6. The Balaban J connectivity index is 1.71. The summed E-state index contributed by atoms with van der Waals surface area (Å²) in [5.74, 6) is 1.77. The van der Waals surface area contributed by atoms with Gasteiger partial charge in [0.05, 0.1) is 0 Å². The zero-order chi connectivity index (χ0) is 16.4. The summed E-state index contributed by atoms with van der Waals surface area (Å²) < 4.78 is 6.14. The molecule has 1 aliphatic carbocycles. The Morgan fingerprint density at radius 2 is 1.46 bits per heavy atom. The van der Waals surface area contributed by atoms with Crippen molar-refractivity contribution in [2.45, 2.75) is 63.7 Å². The molecule has 2 aliphatic rings. The lowest BCUT2D eigenvalue weighted by atomic mass is 9.74. The number of hydrogen-bond donors (Lipinski definition) is 0. The fourth-order valence-electron chi connectivity index (χ4n) is 4.21. The van der Waals surface area contributed by atoms with E-state index in [0.717, 1.165) is 22.9 Å². The first-order valence-corrected chi connectivity index (χ1v) is 9.38. The highest BCUT2D eigenvalue weighted by atomic mass is 16.5. The maximum atomic E-state index is 6.14. The smallest absolute Gasteiger partial charge is 0.153 e. The summed E-state index contributed by atoms with van der Waals surface area (Å²) in [4.78, 5) is 0. The molecule has 1 radical (unpaired) electrons. The van der Waals surface area contributed by atoms with Crippen LogP contribution in [-0.2, 0) is 5.41 Å². The van der Waals surface area contributed by atoms with Crippen LogP contribution in [0.15, 0.2) is 42.5 Å². The molecule has 2 heteroatoms. The average Bonchev–Trinajstić information content (AvgIpc) is 2.72. The monoisotopic (exact) mass is 320 g/mol. The zero-order valence-electron chi connectivity index (χ0n) is 14.6. The van der Waals surface area contributed by atoms with Crippen molar-refractivity contribution in [3.8, 4) is 11.5 Å². The van der Waals surface area contributed by atoms with Crippen LogP contribution in [0.1, 0.15) is 63.9 Å². The molecule has 2 nitrogen and oxygen atoms in total. The minimum atomic E-state index is 0.203. The molecule has 0 aromatic heterocycles. The van der Waals surface area contributed by atoms with E-state index >= 15 is 0 Å². The van der Waals surface area contributed by atoms with E-state index in [4.69, 9.17) is 10.1 Å². The molecule has 2 aromatic carbocycles. The van der Waals surface area contributed by atoms with Crippen molar-refractivity contribution in [3.05, 3.63) is 48.0 Å². The number of benzene rings is 2. The molecule has 0 spiro atoms. The molecule has 1 aliphatic heterocycles. The molecule has 24 heavy (non-hydrogen) atoms. The number of ether oxygens (including phenoxy) is 1. The van der Waals surface area contributed by atoms with E-state index in [1.807, 2.05) is 24.3 Å². The second-order valence-corrected chi connectivity index (χ2v) is 7.52. The van der Waals surface area contributed by atoms with Gasteiger partial charge in [0.1, 0.15) is 11.4 Å². The molecule has 0 amide bonds. The minimum absolute atomic E-state index is 0.203. The number of nitrogens with zero attached hydrogens (tertiary/aromatic N) is 1. The quantitative estimate of drug-likeness (QED) is 0.486. The van der Waals surface area contributed by atoms with Gasteiger partial charge in [-0.1, -0.05) is 69.7 Å². The van der Waals surface area contributed by atoms with Crippen LogP contribution in [0.5, 0.6) is 11.5 Å². The zero-order valence-corrected chi connectivity index (χ0v) is 14.6. The number of rotatable bonds is 1. The van der Waals surface area contributed by atoms with Gasteiger partial charge in [0.25, 0.3) is 0 Å². The Morgan fingerprint density at radius 3 is 2.25 bits per heavy atom. The first-order valence-electron chi connectivity index (χ1n) is 9.38. The van der Waals surface area contributed by atoms with E-state index in [9.17, 15) is 0 Å². The second-order valence-electron chi connectivity index (χ2n) is 7.52. The summed E-state index contributed by atoms with van der Waals surface area (Å²) in [6, 6.07) is 14.5. The lowest BCUT2D eigenvalue weighted by Crippen LogP contribution is -2.24. The standard InChI is InChI=1S/C22H26NO/c1-22(15-8-4-2-3-5-9-16-22)17-11-10-14-20-21(17)23-18-12-6-7-13-19(18)24-20/h6-7,10-14H,2-5,8-9,15-16H2,1H3. The molecule has 1 saturated carbocycles. The third-order valence-corrected chi connectivity index (χ3v) is 5.67. The highest BCUT2D eigenvalue weighted by molar-refractivity contribution is 5.71. The molecule has 0 bridgehead atoms. The van der Waals surface area contributed by atoms with Gasteiger partial charge in [-0.3, -0.25) is 0 Å². The van der Waals surface area contributed by atoms with Gasteiger partial charge in [0.15, 0.2) is 11.5 Å². The van der Waals surface area contributed by atoms with E-state index in [1.54, 1.807) is 0 Å². The molecular weight excluding hydrogens is 294 g/mol. The van der Waals surface area contributed by atoms with Crippen LogP contribution in [0.2, 0.25) is 0 Å². The van der Waals surface area contributed by atoms with Gasteiger partial charge in [0, 0.05) is 0 Å². The Morgan fingerprint density at radius 1 is 0.792 bits per heavy atom. The van der Waals surface area contributed by atoms with Crippen LogP contribution in [0.3, 0.4) is 0 Å². The van der Waals surface area contributed by atoms with Crippen molar-refractivity contribution >= 4 is 11.4 Å². The van der Waals surface area contributed by atoms with Crippen molar-refractivity contribution in [2.24, 2.45) is 0 Å². The molecule has 125 valence electrons. The van der Waals surface area contributed by atoms with E-state index in [-0.39, 0.29) is 5.41 Å². The van der Waals surface area contributed by atoms with Gasteiger partial charge < -0.3 is 4.74 Å². The van der Waals surface area contributed by atoms with Crippen LogP contribution in [0.25, 0.3) is 0 Å². The largest absolute Gasteiger partial charge is 0.453 e. The van der Waals surface area contributed by atoms with E-state index < -0.39 is 0 Å². The van der Waals surface area contributed by atoms with E-state index in [2.05, 4.69) is 25.1 Å². The molecule has 0 unspecified atom stereocenters. The number of para-hydroxylation sites is 3. The first-order chi connectivity index (χ1) is 11.8. The fraction of sp³-hybridized carbons (Fsp3) is 0.455. The highest BCUT2D eigenvalue weighted by Crippen LogP contribution is 2.49. The maximum Gasteiger partial charge on any atom is 0.153 e. The van der Waals surface area contributed by atoms with Crippen LogP contribution in [0, 0.1) is 0 Å². The van der Waals surface area contributed by atoms with Crippen LogP contribution >= 0.6 is 0 Å². The van der Waals surface area contributed by atoms with Crippen molar-refractivity contribution in [3.63, 3.8) is 0 Å². The fourth-order valence-corrected chi connectivity index (χ4v) is 4.21. The Hall–Kier alpha value is -1.96. The molecule has 0 atom stereocenters. The van der Waals surface area contributed by atoms with Gasteiger partial charge >= 0.3 is 0 Å². The predicted molar refractivity (Wildman–Crippen MR) is 98.7 cm³/mol.